The lowest BCUT2D eigenvalue weighted by atomic mass is 10.1. The van der Waals surface area contributed by atoms with Gasteiger partial charge in [-0.15, -0.1) is 0 Å². The number of rotatable bonds is 6. The zero-order valence-corrected chi connectivity index (χ0v) is 17.7. The van der Waals surface area contributed by atoms with Crippen molar-refractivity contribution in [1.29, 1.82) is 0 Å². The van der Waals surface area contributed by atoms with E-state index in [1.807, 2.05) is 24.3 Å². The summed E-state index contributed by atoms with van der Waals surface area (Å²) in [5, 5.41) is 2.79. The van der Waals surface area contributed by atoms with Gasteiger partial charge in [0.2, 0.25) is 0 Å². The highest BCUT2D eigenvalue weighted by atomic mass is 32.2. The zero-order chi connectivity index (χ0) is 21.8. The second-order valence-corrected chi connectivity index (χ2v) is 8.10. The third-order valence-corrected chi connectivity index (χ3v) is 6.11. The van der Waals surface area contributed by atoms with Gasteiger partial charge in [-0.05, 0) is 36.4 Å². The molecule has 0 radical (unpaired) electrons. The number of fused-ring (bicyclic) bond motifs is 2. The van der Waals surface area contributed by atoms with Gasteiger partial charge in [-0.1, -0.05) is 42.1 Å². The minimum absolute atomic E-state index is 0.0577. The molecule has 0 unspecified atom stereocenters. The largest absolute Gasteiger partial charge is 0.383 e. The highest BCUT2D eigenvalue weighted by Crippen LogP contribution is 2.42. The standard InChI is InChI=1S/C24H21FN2O3S/c1-30-13-12-26-23(28)16-10-11-22-20(14-16)27(15-17-6-2-4-8-19(17)25)24(29)18-7-3-5-9-21(18)31-22/h2-11,14H,12-13,15H2,1H3,(H,26,28). The molecular weight excluding hydrogens is 415 g/mol. The van der Waals surface area contributed by atoms with Gasteiger partial charge in [-0.3, -0.25) is 9.59 Å². The molecule has 2 amide bonds. The minimum Gasteiger partial charge on any atom is -0.383 e. The van der Waals surface area contributed by atoms with Crippen molar-refractivity contribution >= 4 is 29.3 Å². The van der Waals surface area contributed by atoms with Gasteiger partial charge in [0.25, 0.3) is 11.8 Å². The van der Waals surface area contributed by atoms with Crippen molar-refractivity contribution in [2.75, 3.05) is 25.2 Å². The summed E-state index contributed by atoms with van der Waals surface area (Å²) in [5.41, 5.74) is 1.95. The Balaban J connectivity index is 1.77. The molecule has 7 heteroatoms. The van der Waals surface area contributed by atoms with Gasteiger partial charge in [0, 0.05) is 34.6 Å². The summed E-state index contributed by atoms with van der Waals surface area (Å²) in [6.07, 6.45) is 0. The molecule has 31 heavy (non-hydrogen) atoms. The molecule has 1 aliphatic rings. The Bertz CT molecular complexity index is 1140. The average Bonchev–Trinajstić information content (AvgIpc) is 2.90. The van der Waals surface area contributed by atoms with E-state index in [0.29, 0.717) is 35.5 Å². The van der Waals surface area contributed by atoms with Crippen molar-refractivity contribution in [2.24, 2.45) is 0 Å². The molecule has 1 aliphatic heterocycles. The maximum Gasteiger partial charge on any atom is 0.259 e. The van der Waals surface area contributed by atoms with E-state index in [2.05, 4.69) is 5.32 Å². The Labute approximate surface area is 184 Å². The van der Waals surface area contributed by atoms with Crippen LogP contribution in [0.25, 0.3) is 0 Å². The van der Waals surface area contributed by atoms with Crippen LogP contribution in [-0.4, -0.2) is 32.1 Å². The monoisotopic (exact) mass is 436 g/mol. The lowest BCUT2D eigenvalue weighted by Gasteiger charge is -2.24. The van der Waals surface area contributed by atoms with Gasteiger partial charge in [-0.2, -0.15) is 0 Å². The van der Waals surface area contributed by atoms with E-state index in [4.69, 9.17) is 4.74 Å². The highest BCUT2D eigenvalue weighted by molar-refractivity contribution is 7.99. The van der Waals surface area contributed by atoms with Crippen LogP contribution in [0.5, 0.6) is 0 Å². The van der Waals surface area contributed by atoms with Crippen LogP contribution in [0.2, 0.25) is 0 Å². The number of carbonyl (C=O) groups is 2. The molecule has 1 N–H and O–H groups in total. The molecule has 0 saturated heterocycles. The van der Waals surface area contributed by atoms with E-state index in [9.17, 15) is 14.0 Å². The second-order valence-electron chi connectivity index (χ2n) is 7.01. The first-order valence-corrected chi connectivity index (χ1v) is 10.6. The van der Waals surface area contributed by atoms with Crippen LogP contribution >= 0.6 is 11.8 Å². The van der Waals surface area contributed by atoms with Crippen molar-refractivity contribution in [3.05, 3.63) is 89.2 Å². The fourth-order valence-corrected chi connectivity index (χ4v) is 4.44. The van der Waals surface area contributed by atoms with Crippen LogP contribution in [0.4, 0.5) is 10.1 Å². The first kappa shape index (κ1) is 21.1. The smallest absolute Gasteiger partial charge is 0.259 e. The second kappa shape index (κ2) is 9.32. The Kier molecular flexibility index (Phi) is 6.34. The van der Waals surface area contributed by atoms with Gasteiger partial charge < -0.3 is 15.0 Å². The van der Waals surface area contributed by atoms with Gasteiger partial charge in [-0.25, -0.2) is 4.39 Å². The number of methoxy groups -OCH3 is 1. The van der Waals surface area contributed by atoms with Crippen molar-refractivity contribution in [2.45, 2.75) is 16.3 Å². The first-order chi connectivity index (χ1) is 15.1. The maximum atomic E-state index is 14.4. The van der Waals surface area contributed by atoms with Crippen LogP contribution in [0.1, 0.15) is 26.3 Å². The van der Waals surface area contributed by atoms with Crippen molar-refractivity contribution < 1.29 is 18.7 Å². The topological polar surface area (TPSA) is 58.6 Å². The van der Waals surface area contributed by atoms with E-state index in [0.717, 1.165) is 9.79 Å². The number of nitrogens with zero attached hydrogens (tertiary/aromatic N) is 1. The molecule has 0 bridgehead atoms. The molecule has 0 fully saturated rings. The molecule has 0 aromatic heterocycles. The molecule has 158 valence electrons. The number of hydrogen-bond donors (Lipinski definition) is 1. The van der Waals surface area contributed by atoms with Gasteiger partial charge in [0.05, 0.1) is 24.4 Å². The predicted octanol–water partition coefficient (Wildman–Crippen LogP) is 4.51. The fraction of sp³-hybridized carbons (Fsp3) is 0.167. The molecule has 4 rings (SSSR count). The van der Waals surface area contributed by atoms with E-state index in [1.54, 1.807) is 48.4 Å². The number of halogens is 1. The molecule has 0 saturated carbocycles. The predicted molar refractivity (Wildman–Crippen MR) is 118 cm³/mol. The third-order valence-electron chi connectivity index (χ3n) is 4.97. The Hall–Kier alpha value is -3.16. The number of amides is 2. The number of carbonyl (C=O) groups excluding carboxylic acids is 2. The first-order valence-electron chi connectivity index (χ1n) is 9.82. The average molecular weight is 437 g/mol. The van der Waals surface area contributed by atoms with E-state index >= 15 is 0 Å². The summed E-state index contributed by atoms with van der Waals surface area (Å²) in [7, 11) is 1.57. The summed E-state index contributed by atoms with van der Waals surface area (Å²) in [4.78, 5) is 29.2. The quantitative estimate of drug-likeness (QED) is 0.578. The minimum atomic E-state index is -0.379. The molecule has 5 nitrogen and oxygen atoms in total. The molecule has 0 aliphatic carbocycles. The molecule has 3 aromatic rings. The van der Waals surface area contributed by atoms with Gasteiger partial charge >= 0.3 is 0 Å². The van der Waals surface area contributed by atoms with Crippen LogP contribution in [0, 0.1) is 5.82 Å². The fourth-order valence-electron chi connectivity index (χ4n) is 3.38. The van der Waals surface area contributed by atoms with Crippen molar-refractivity contribution in [3.8, 4) is 0 Å². The molecule has 0 spiro atoms. The van der Waals surface area contributed by atoms with E-state index < -0.39 is 0 Å². The van der Waals surface area contributed by atoms with Crippen LogP contribution < -0.4 is 10.2 Å². The van der Waals surface area contributed by atoms with E-state index in [-0.39, 0.29) is 24.2 Å². The molecule has 3 aromatic carbocycles. The number of nitrogens with one attached hydrogen (secondary N) is 1. The molecule has 1 heterocycles. The lowest BCUT2D eigenvalue weighted by Crippen LogP contribution is -2.31. The zero-order valence-electron chi connectivity index (χ0n) is 16.9. The summed E-state index contributed by atoms with van der Waals surface area (Å²) in [6.45, 7) is 0.840. The van der Waals surface area contributed by atoms with Crippen LogP contribution in [0.3, 0.4) is 0 Å². The van der Waals surface area contributed by atoms with Crippen molar-refractivity contribution in [3.63, 3.8) is 0 Å². The van der Waals surface area contributed by atoms with Crippen molar-refractivity contribution in [1.82, 2.24) is 5.32 Å². The number of ether oxygens (including phenoxy) is 1. The Morgan fingerprint density at radius 2 is 1.84 bits per heavy atom. The van der Waals surface area contributed by atoms with Gasteiger partial charge in [0.15, 0.2) is 0 Å². The normalized spacial score (nSPS) is 12.7. The molecular formula is C24H21FN2O3S. The summed E-state index contributed by atoms with van der Waals surface area (Å²) in [5.74, 6) is -0.873. The maximum absolute atomic E-state index is 14.4. The Morgan fingerprint density at radius 3 is 2.65 bits per heavy atom. The third kappa shape index (κ3) is 4.47. The summed E-state index contributed by atoms with van der Waals surface area (Å²) < 4.78 is 19.4. The Morgan fingerprint density at radius 1 is 1.06 bits per heavy atom. The number of benzene rings is 3. The summed E-state index contributed by atoms with van der Waals surface area (Å²) in [6, 6.07) is 19.0. The van der Waals surface area contributed by atoms with Gasteiger partial charge in [0.1, 0.15) is 5.82 Å². The van der Waals surface area contributed by atoms with Crippen LogP contribution in [-0.2, 0) is 11.3 Å². The molecule has 0 atom stereocenters. The summed E-state index contributed by atoms with van der Waals surface area (Å²) >= 11 is 1.46. The lowest BCUT2D eigenvalue weighted by molar-refractivity contribution is 0.0934. The SMILES string of the molecule is COCCNC(=O)c1ccc2c(c1)N(Cc1ccccc1F)C(=O)c1ccccc1S2. The van der Waals surface area contributed by atoms with E-state index in [1.165, 1.54) is 17.8 Å². The van der Waals surface area contributed by atoms with Crippen LogP contribution in [0.15, 0.2) is 76.5 Å². The highest BCUT2D eigenvalue weighted by Gasteiger charge is 2.28. The number of hydrogen-bond acceptors (Lipinski definition) is 4. The number of anilines is 1.